The maximum Gasteiger partial charge on any atom is 0.311 e. The van der Waals surface area contributed by atoms with Crippen molar-refractivity contribution in [2.45, 2.75) is 30.4 Å². The molecule has 5 aromatic rings. The lowest BCUT2D eigenvalue weighted by Crippen LogP contribution is -2.30. The fourth-order valence-electron chi connectivity index (χ4n) is 4.63. The lowest BCUT2D eigenvalue weighted by atomic mass is 10.0. The maximum absolute atomic E-state index is 13.6. The highest BCUT2D eigenvalue weighted by Gasteiger charge is 2.19. The summed E-state index contributed by atoms with van der Waals surface area (Å²) in [6.45, 7) is 3.79. The topological polar surface area (TPSA) is 126 Å². The van der Waals surface area contributed by atoms with E-state index in [0.717, 1.165) is 21.6 Å². The Morgan fingerprint density at radius 2 is 1.55 bits per heavy atom. The molecule has 1 heterocycles. The van der Waals surface area contributed by atoms with E-state index in [0.29, 0.717) is 28.7 Å². The zero-order chi connectivity index (χ0) is 34.6. The molecular weight excluding hydrogens is 657 g/mol. The third-order valence-electron chi connectivity index (χ3n) is 7.04. The number of hydrogen-bond donors (Lipinski definition) is 3. The predicted molar refractivity (Wildman–Crippen MR) is 195 cm³/mol. The first-order valence-corrected chi connectivity index (χ1v) is 17.3. The first-order valence-electron chi connectivity index (χ1n) is 15.5. The monoisotopic (exact) mass is 690 g/mol. The molecule has 3 N–H and O–H groups in total. The van der Waals surface area contributed by atoms with Crippen molar-refractivity contribution in [3.8, 4) is 11.1 Å². The number of rotatable bonds is 13. The third kappa shape index (κ3) is 10.2. The normalized spacial score (nSPS) is 11.7. The number of carbonyl (C=O) groups is 4. The molecule has 0 spiro atoms. The van der Waals surface area contributed by atoms with Crippen molar-refractivity contribution in [1.29, 1.82) is 0 Å². The Morgan fingerprint density at radius 1 is 0.857 bits per heavy atom. The lowest BCUT2D eigenvalue weighted by Gasteiger charge is -2.14. The number of hydrogen-bond acceptors (Lipinski definition) is 8. The Morgan fingerprint density at radius 3 is 2.27 bits per heavy atom. The van der Waals surface area contributed by atoms with E-state index in [1.807, 2.05) is 66.7 Å². The van der Waals surface area contributed by atoms with E-state index >= 15 is 0 Å². The van der Waals surface area contributed by atoms with E-state index < -0.39 is 17.1 Å². The SMILES string of the molecule is CCOC(=O)Cc1csc(NC(=O)C(C)Sc2cccc(NC(=O)/C(=C\c3ccc(-c4ccccc4)cc3)NC(=O)c3ccccc3)c2)n1. The Kier molecular flexibility index (Phi) is 12.1. The van der Waals surface area contributed by atoms with Crippen molar-refractivity contribution in [1.82, 2.24) is 10.3 Å². The Bertz CT molecular complexity index is 1940. The maximum atomic E-state index is 13.6. The van der Waals surface area contributed by atoms with Gasteiger partial charge >= 0.3 is 5.97 Å². The molecule has 0 bridgehead atoms. The van der Waals surface area contributed by atoms with Crippen LogP contribution in [0.2, 0.25) is 0 Å². The van der Waals surface area contributed by atoms with Gasteiger partial charge in [-0.05, 0) is 66.9 Å². The van der Waals surface area contributed by atoms with E-state index in [9.17, 15) is 19.2 Å². The van der Waals surface area contributed by atoms with Crippen LogP contribution in [0.1, 0.15) is 35.5 Å². The largest absolute Gasteiger partial charge is 0.466 e. The first kappa shape index (κ1) is 34.8. The number of ether oxygens (including phenoxy) is 1. The summed E-state index contributed by atoms with van der Waals surface area (Å²) in [5.41, 5.74) is 4.33. The van der Waals surface area contributed by atoms with Gasteiger partial charge in [-0.2, -0.15) is 0 Å². The minimum absolute atomic E-state index is 0.0381. The predicted octanol–water partition coefficient (Wildman–Crippen LogP) is 7.44. The van der Waals surface area contributed by atoms with E-state index in [4.69, 9.17) is 4.74 Å². The van der Waals surface area contributed by atoms with Crippen molar-refractivity contribution >= 4 is 63.7 Å². The van der Waals surface area contributed by atoms with E-state index in [1.165, 1.54) is 23.1 Å². The summed E-state index contributed by atoms with van der Waals surface area (Å²) >= 11 is 2.54. The molecule has 9 nitrogen and oxygen atoms in total. The van der Waals surface area contributed by atoms with Crippen LogP contribution >= 0.6 is 23.1 Å². The molecule has 1 unspecified atom stereocenters. The van der Waals surface area contributed by atoms with Crippen molar-refractivity contribution in [2.75, 3.05) is 17.2 Å². The summed E-state index contributed by atoms with van der Waals surface area (Å²) in [5.74, 6) is -1.56. The molecule has 11 heteroatoms. The van der Waals surface area contributed by atoms with Gasteiger partial charge in [0.1, 0.15) is 5.70 Å². The standard InChI is InChI=1S/C38H34N4O5S2/c1-3-47-34(43)23-31-24-48-38(40-31)42-35(44)25(2)49-32-16-10-15-30(22-32)39-37(46)33(41-36(45)29-13-8-5-9-14-29)21-26-17-19-28(20-18-26)27-11-6-4-7-12-27/h4-22,24-25H,3,23H2,1-2H3,(H,39,46)(H,41,45)(H,40,42,44)/b33-21+. The molecule has 5 rings (SSSR count). The van der Waals surface area contributed by atoms with E-state index in [2.05, 4.69) is 20.9 Å². The van der Waals surface area contributed by atoms with Crippen LogP contribution in [0, 0.1) is 0 Å². The summed E-state index contributed by atoms with van der Waals surface area (Å²) in [6.07, 6.45) is 1.67. The number of carbonyl (C=O) groups excluding carboxylic acids is 4. The highest BCUT2D eigenvalue weighted by molar-refractivity contribution is 8.00. The fourth-order valence-corrected chi connectivity index (χ4v) is 6.27. The fraction of sp³-hybridized carbons (Fsp3) is 0.132. The average Bonchev–Trinajstić information content (AvgIpc) is 3.55. The van der Waals surface area contributed by atoms with Gasteiger partial charge in [0, 0.05) is 21.5 Å². The molecule has 0 saturated carbocycles. The molecule has 1 atom stereocenters. The number of nitrogens with one attached hydrogen (secondary N) is 3. The Labute approximate surface area is 292 Å². The highest BCUT2D eigenvalue weighted by atomic mass is 32.2. The van der Waals surface area contributed by atoms with Gasteiger partial charge in [0.15, 0.2) is 5.13 Å². The zero-order valence-electron chi connectivity index (χ0n) is 26.8. The highest BCUT2D eigenvalue weighted by Crippen LogP contribution is 2.28. The second-order valence-corrected chi connectivity index (χ2v) is 13.0. The minimum atomic E-state index is -0.508. The number of thioether (sulfide) groups is 1. The Hall–Kier alpha value is -5.52. The smallest absolute Gasteiger partial charge is 0.311 e. The van der Waals surface area contributed by atoms with Gasteiger partial charge < -0.3 is 20.7 Å². The second-order valence-electron chi connectivity index (χ2n) is 10.7. The van der Waals surface area contributed by atoms with Gasteiger partial charge in [-0.1, -0.05) is 78.9 Å². The van der Waals surface area contributed by atoms with E-state index in [-0.39, 0.29) is 24.0 Å². The molecule has 3 amide bonds. The summed E-state index contributed by atoms with van der Waals surface area (Å²) in [4.78, 5) is 56.4. The molecule has 0 aliphatic carbocycles. The van der Waals surface area contributed by atoms with Crippen LogP contribution in [0.15, 0.2) is 125 Å². The number of nitrogens with zero attached hydrogens (tertiary/aromatic N) is 1. The van der Waals surface area contributed by atoms with Crippen LogP contribution in [0.25, 0.3) is 17.2 Å². The third-order valence-corrected chi connectivity index (χ3v) is 8.94. The second kappa shape index (κ2) is 17.0. The molecule has 1 aromatic heterocycles. The molecule has 248 valence electrons. The molecule has 49 heavy (non-hydrogen) atoms. The molecule has 0 aliphatic rings. The number of esters is 1. The number of aromatic nitrogens is 1. The van der Waals surface area contributed by atoms with E-state index in [1.54, 1.807) is 67.8 Å². The quantitative estimate of drug-likeness (QED) is 0.0666. The Balaban J connectivity index is 1.27. The zero-order valence-corrected chi connectivity index (χ0v) is 28.5. The number of thiazole rings is 1. The van der Waals surface area contributed by atoms with Gasteiger partial charge in [-0.15, -0.1) is 23.1 Å². The van der Waals surface area contributed by atoms with Crippen molar-refractivity contribution in [2.24, 2.45) is 0 Å². The van der Waals surface area contributed by atoms with Crippen molar-refractivity contribution in [3.63, 3.8) is 0 Å². The number of amides is 3. The van der Waals surface area contributed by atoms with Crippen LogP contribution in [-0.2, 0) is 25.5 Å². The summed E-state index contributed by atoms with van der Waals surface area (Å²) < 4.78 is 4.95. The summed E-state index contributed by atoms with van der Waals surface area (Å²) in [6, 6.07) is 33.5. The molecule has 0 saturated heterocycles. The van der Waals surface area contributed by atoms with Gasteiger partial charge in [-0.3, -0.25) is 19.2 Å². The lowest BCUT2D eigenvalue weighted by molar-refractivity contribution is -0.142. The van der Waals surface area contributed by atoms with Crippen molar-refractivity contribution < 1.29 is 23.9 Å². The molecular formula is C38H34N4O5S2. The summed E-state index contributed by atoms with van der Waals surface area (Å²) in [7, 11) is 0. The first-order chi connectivity index (χ1) is 23.8. The molecule has 0 aliphatic heterocycles. The van der Waals surface area contributed by atoms with Crippen LogP contribution in [-0.4, -0.2) is 40.5 Å². The molecule has 0 radical (unpaired) electrons. The van der Waals surface area contributed by atoms with Gasteiger partial charge in [0.05, 0.1) is 24.0 Å². The van der Waals surface area contributed by atoms with Crippen LogP contribution < -0.4 is 16.0 Å². The average molecular weight is 691 g/mol. The van der Waals surface area contributed by atoms with Crippen LogP contribution in [0.4, 0.5) is 10.8 Å². The summed E-state index contributed by atoms with van der Waals surface area (Å²) in [5, 5.41) is 10.1. The minimum Gasteiger partial charge on any atom is -0.466 e. The van der Waals surface area contributed by atoms with Gasteiger partial charge in [0.2, 0.25) is 5.91 Å². The van der Waals surface area contributed by atoms with Crippen LogP contribution in [0.5, 0.6) is 0 Å². The number of benzene rings is 4. The van der Waals surface area contributed by atoms with Gasteiger partial charge in [-0.25, -0.2) is 4.98 Å². The van der Waals surface area contributed by atoms with Crippen molar-refractivity contribution in [3.05, 3.63) is 137 Å². The van der Waals surface area contributed by atoms with Gasteiger partial charge in [0.25, 0.3) is 11.8 Å². The number of anilines is 2. The molecule has 0 fully saturated rings. The molecule has 4 aromatic carbocycles. The van der Waals surface area contributed by atoms with Crippen LogP contribution in [0.3, 0.4) is 0 Å².